The number of hydrogen-bond acceptors (Lipinski definition) is 10. The van der Waals surface area contributed by atoms with Crippen LogP contribution in [0.15, 0.2) is 91.0 Å². The monoisotopic (exact) mass is 564 g/mol. The van der Waals surface area contributed by atoms with E-state index in [4.69, 9.17) is 28.4 Å². The lowest BCUT2D eigenvalue weighted by Gasteiger charge is -2.10. The average Bonchev–Trinajstić information content (AvgIpc) is 2.94. The molecule has 3 aromatic rings. The van der Waals surface area contributed by atoms with E-state index in [1.54, 1.807) is 0 Å². The summed E-state index contributed by atoms with van der Waals surface area (Å²) in [6.45, 7) is 9.24. The molecule has 0 atom stereocenters. The van der Waals surface area contributed by atoms with Gasteiger partial charge in [-0.2, -0.15) is 0 Å². The van der Waals surface area contributed by atoms with Crippen molar-refractivity contribution < 1.29 is 52.0 Å². The first-order valence-corrected chi connectivity index (χ1v) is 11.9. The van der Waals surface area contributed by atoms with Crippen LogP contribution in [-0.4, -0.2) is 37.5 Å². The van der Waals surface area contributed by atoms with E-state index in [1.807, 2.05) is 0 Å². The summed E-state index contributed by atoms with van der Waals surface area (Å²) in [5.41, 5.74) is 0.707. The summed E-state index contributed by atoms with van der Waals surface area (Å²) in [5.74, 6) is -3.59. The Balaban J connectivity index is 1.51. The van der Waals surface area contributed by atoms with Gasteiger partial charge < -0.3 is 28.4 Å². The van der Waals surface area contributed by atoms with Gasteiger partial charge in [0.1, 0.15) is 17.2 Å². The van der Waals surface area contributed by atoms with Crippen molar-refractivity contribution in [2.24, 2.45) is 0 Å². The molecule has 0 saturated carbocycles. The summed E-state index contributed by atoms with van der Waals surface area (Å²) >= 11 is 0. The van der Waals surface area contributed by atoms with Gasteiger partial charge in [0.25, 0.3) is 0 Å². The number of ether oxygens (including phenoxy) is 6. The Bertz CT molecular complexity index is 1460. The molecule has 0 unspecified atom stereocenters. The Morgan fingerprint density at radius 1 is 0.634 bits per heavy atom. The van der Waals surface area contributed by atoms with Crippen LogP contribution in [0.4, 0.5) is 4.39 Å². The highest BCUT2D eigenvalue weighted by atomic mass is 19.1. The van der Waals surface area contributed by atoms with Gasteiger partial charge in [-0.05, 0) is 74.5 Å². The molecule has 10 nitrogen and oxygen atoms in total. The molecule has 0 N–H and O–H groups in total. The van der Waals surface area contributed by atoms with Crippen molar-refractivity contribution in [2.45, 2.75) is 13.8 Å². The highest BCUT2D eigenvalue weighted by Gasteiger charge is 2.15. The fourth-order valence-electron chi connectivity index (χ4n) is 2.88. The van der Waals surface area contributed by atoms with Crippen molar-refractivity contribution in [3.05, 3.63) is 108 Å². The molecule has 0 aliphatic rings. The van der Waals surface area contributed by atoms with Gasteiger partial charge in [0, 0.05) is 17.2 Å². The van der Waals surface area contributed by atoms with E-state index in [0.717, 1.165) is 12.1 Å². The van der Waals surface area contributed by atoms with Crippen LogP contribution < -0.4 is 18.9 Å². The van der Waals surface area contributed by atoms with Crippen LogP contribution in [0.5, 0.6) is 23.0 Å². The van der Waals surface area contributed by atoms with Gasteiger partial charge in [-0.15, -0.1) is 0 Å². The lowest BCUT2D eigenvalue weighted by Crippen LogP contribution is -2.12. The quantitative estimate of drug-likeness (QED) is 0.126. The Hall–Kier alpha value is -5.45. The fraction of sp³-hybridized carbons (Fsp3) is 0.133. The molecule has 212 valence electrons. The zero-order chi connectivity index (χ0) is 29.9. The molecular formula is C30H25FO10. The first kappa shape index (κ1) is 30.1. The Morgan fingerprint density at radius 3 is 1.46 bits per heavy atom. The number of halogens is 1. The van der Waals surface area contributed by atoms with Gasteiger partial charge in [-0.1, -0.05) is 13.2 Å². The van der Waals surface area contributed by atoms with Gasteiger partial charge in [0.15, 0.2) is 11.6 Å². The molecule has 3 aromatic carbocycles. The fourth-order valence-corrected chi connectivity index (χ4v) is 2.88. The summed E-state index contributed by atoms with van der Waals surface area (Å²) in [6, 6.07) is 14.7. The Labute approximate surface area is 234 Å². The predicted molar refractivity (Wildman–Crippen MR) is 142 cm³/mol. The smallest absolute Gasteiger partial charge is 0.343 e. The normalized spacial score (nSPS) is 10.1. The summed E-state index contributed by atoms with van der Waals surface area (Å²) in [7, 11) is 0. The van der Waals surface area contributed by atoms with E-state index < -0.39 is 29.7 Å². The van der Waals surface area contributed by atoms with E-state index in [0.29, 0.717) is 11.5 Å². The Morgan fingerprint density at radius 2 is 1.05 bits per heavy atom. The summed E-state index contributed by atoms with van der Waals surface area (Å²) in [6.07, 6.45) is 0. The number of hydrogen-bond donors (Lipinski definition) is 0. The number of carbonyl (C=O) groups is 4. The van der Waals surface area contributed by atoms with Crippen LogP contribution in [0.1, 0.15) is 34.6 Å². The van der Waals surface area contributed by atoms with Crippen LogP contribution in [0.3, 0.4) is 0 Å². The number of rotatable bonds is 12. The predicted octanol–water partition coefficient (Wildman–Crippen LogP) is 5.18. The summed E-state index contributed by atoms with van der Waals surface area (Å²) < 4.78 is 45.0. The number of benzene rings is 3. The lowest BCUT2D eigenvalue weighted by atomic mass is 10.2. The first-order chi connectivity index (χ1) is 19.5. The molecule has 0 radical (unpaired) electrons. The average molecular weight is 565 g/mol. The maximum absolute atomic E-state index is 14.6. The Kier molecular flexibility index (Phi) is 10.3. The maximum Gasteiger partial charge on any atom is 0.343 e. The van der Waals surface area contributed by atoms with E-state index in [9.17, 15) is 23.6 Å². The SMILES string of the molecule is C=C(C)C(=O)OCOc1ccc(C(=O)Oc2ccc(OC(=O)c3ccc(OCOC(=O)C(=C)C)cc3)c(F)c2)cc1. The highest BCUT2D eigenvalue weighted by Crippen LogP contribution is 2.25. The van der Waals surface area contributed by atoms with E-state index in [2.05, 4.69) is 13.2 Å². The third-order valence-electron chi connectivity index (χ3n) is 5.02. The molecule has 3 rings (SSSR count). The first-order valence-electron chi connectivity index (χ1n) is 11.9. The molecular weight excluding hydrogens is 539 g/mol. The molecule has 0 amide bonds. The van der Waals surface area contributed by atoms with Gasteiger partial charge in [-0.3, -0.25) is 0 Å². The number of esters is 4. The molecule has 0 bridgehead atoms. The van der Waals surface area contributed by atoms with Crippen LogP contribution in [0.2, 0.25) is 0 Å². The van der Waals surface area contributed by atoms with Gasteiger partial charge in [0.05, 0.1) is 11.1 Å². The maximum atomic E-state index is 14.6. The molecule has 0 aliphatic heterocycles. The van der Waals surface area contributed by atoms with Crippen molar-refractivity contribution in [1.82, 2.24) is 0 Å². The van der Waals surface area contributed by atoms with Crippen LogP contribution in [0, 0.1) is 5.82 Å². The highest BCUT2D eigenvalue weighted by molar-refractivity contribution is 5.92. The van der Waals surface area contributed by atoms with Crippen LogP contribution in [-0.2, 0) is 19.1 Å². The lowest BCUT2D eigenvalue weighted by molar-refractivity contribution is -0.146. The second-order valence-corrected chi connectivity index (χ2v) is 8.37. The molecule has 0 aliphatic carbocycles. The third kappa shape index (κ3) is 9.06. The van der Waals surface area contributed by atoms with Crippen molar-refractivity contribution in [3.63, 3.8) is 0 Å². The van der Waals surface area contributed by atoms with Crippen molar-refractivity contribution in [2.75, 3.05) is 13.6 Å². The van der Waals surface area contributed by atoms with Crippen molar-refractivity contribution in [3.8, 4) is 23.0 Å². The van der Waals surface area contributed by atoms with Gasteiger partial charge in [0.2, 0.25) is 13.6 Å². The molecule has 41 heavy (non-hydrogen) atoms. The van der Waals surface area contributed by atoms with Gasteiger partial charge in [-0.25, -0.2) is 23.6 Å². The minimum atomic E-state index is -0.934. The minimum absolute atomic E-state index is 0.104. The molecule has 0 spiro atoms. The standard InChI is InChI=1S/C30H25FO10/c1-18(2)27(32)38-16-36-22-9-5-20(6-10-22)29(34)40-24-13-14-26(25(31)15-24)41-30(35)21-7-11-23(12-8-21)37-17-39-28(33)19(3)4/h5-15H,1,3,16-17H2,2,4H3. The van der Waals surface area contributed by atoms with Crippen molar-refractivity contribution in [1.29, 1.82) is 0 Å². The third-order valence-corrected chi connectivity index (χ3v) is 5.02. The zero-order valence-corrected chi connectivity index (χ0v) is 22.1. The molecule has 0 fully saturated rings. The van der Waals surface area contributed by atoms with Crippen LogP contribution in [0.25, 0.3) is 0 Å². The topological polar surface area (TPSA) is 124 Å². The molecule has 0 heterocycles. The van der Waals surface area contributed by atoms with Gasteiger partial charge >= 0.3 is 23.9 Å². The zero-order valence-electron chi connectivity index (χ0n) is 22.1. The van der Waals surface area contributed by atoms with E-state index in [1.165, 1.54) is 68.4 Å². The molecule has 0 saturated heterocycles. The second kappa shape index (κ2) is 14.1. The second-order valence-electron chi connectivity index (χ2n) is 8.37. The van der Waals surface area contributed by atoms with E-state index >= 15 is 0 Å². The minimum Gasteiger partial charge on any atom is -0.457 e. The summed E-state index contributed by atoms with van der Waals surface area (Å²) in [4.78, 5) is 47.6. The summed E-state index contributed by atoms with van der Waals surface area (Å²) in [5, 5.41) is 0. The molecule has 11 heteroatoms. The van der Waals surface area contributed by atoms with Crippen LogP contribution >= 0.6 is 0 Å². The van der Waals surface area contributed by atoms with E-state index in [-0.39, 0.29) is 47.4 Å². The largest absolute Gasteiger partial charge is 0.457 e. The molecule has 0 aromatic heterocycles. The number of carbonyl (C=O) groups excluding carboxylic acids is 4. The van der Waals surface area contributed by atoms with Crippen molar-refractivity contribution >= 4 is 23.9 Å².